The maximum absolute atomic E-state index is 12.8. The summed E-state index contributed by atoms with van der Waals surface area (Å²) in [6.45, 7) is 0.0136. The van der Waals surface area contributed by atoms with Crippen LogP contribution < -0.4 is 15.4 Å². The molecule has 0 spiro atoms. The summed E-state index contributed by atoms with van der Waals surface area (Å²) in [5.74, 6) is -0.227. The van der Waals surface area contributed by atoms with Crippen molar-refractivity contribution in [2.24, 2.45) is 7.05 Å². The third-order valence-corrected chi connectivity index (χ3v) is 4.76. The molecule has 2 aromatic heterocycles. The van der Waals surface area contributed by atoms with E-state index in [0.717, 1.165) is 0 Å². The average Bonchev–Trinajstić information content (AvgIpc) is 3.42. The number of benzene rings is 2. The van der Waals surface area contributed by atoms with Crippen molar-refractivity contribution >= 4 is 34.8 Å². The zero-order valence-electron chi connectivity index (χ0n) is 17.0. The summed E-state index contributed by atoms with van der Waals surface area (Å²) in [5.41, 5.74) is 1.63. The smallest absolute Gasteiger partial charge is 0.276 e. The Morgan fingerprint density at radius 3 is 2.47 bits per heavy atom. The molecule has 2 aromatic carbocycles. The Bertz CT molecular complexity index is 1270. The van der Waals surface area contributed by atoms with E-state index in [0.29, 0.717) is 33.5 Å². The molecule has 0 bridgehead atoms. The second-order valence-corrected chi connectivity index (χ2v) is 7.19. The molecule has 0 radical (unpaired) electrons. The van der Waals surface area contributed by atoms with E-state index >= 15 is 0 Å². The first kappa shape index (κ1) is 21.1. The minimum absolute atomic E-state index is 0.0136. The molecular weight excluding hydrogens is 432 g/mol. The minimum Gasteiger partial charge on any atom is -0.470 e. The molecule has 2 heterocycles. The molecule has 32 heavy (non-hydrogen) atoms. The van der Waals surface area contributed by atoms with Crippen LogP contribution >= 0.6 is 11.6 Å². The van der Waals surface area contributed by atoms with Crippen LogP contribution in [-0.4, -0.2) is 31.4 Å². The Morgan fingerprint density at radius 1 is 1.00 bits per heavy atom. The van der Waals surface area contributed by atoms with E-state index in [4.69, 9.17) is 16.3 Å². The molecule has 0 aliphatic rings. The molecule has 0 unspecified atom stereocenters. The number of aromatic nitrogens is 4. The van der Waals surface area contributed by atoms with Gasteiger partial charge in [-0.25, -0.2) is 4.68 Å². The van der Waals surface area contributed by atoms with Crippen molar-refractivity contribution in [3.05, 3.63) is 89.5 Å². The van der Waals surface area contributed by atoms with Crippen LogP contribution in [-0.2, 0) is 13.8 Å². The molecule has 0 saturated heterocycles. The van der Waals surface area contributed by atoms with Crippen molar-refractivity contribution in [1.82, 2.24) is 19.6 Å². The predicted molar refractivity (Wildman–Crippen MR) is 120 cm³/mol. The summed E-state index contributed by atoms with van der Waals surface area (Å²) < 4.78 is 8.63. The standard InChI is InChI=1S/C22H19ClN6O3/c1-28-12-10-18(27-28)21(30)25-15-5-4-6-16(13-15)26-22(31)19-9-11-24-29(19)14-32-20-8-3-2-7-17(20)23/h2-13H,14H2,1H3,(H,25,30)(H,26,31). The molecule has 2 N–H and O–H groups in total. The van der Waals surface area contributed by atoms with Gasteiger partial charge in [0.15, 0.2) is 12.4 Å². The number of para-hydroxylation sites is 1. The van der Waals surface area contributed by atoms with Gasteiger partial charge >= 0.3 is 0 Å². The van der Waals surface area contributed by atoms with E-state index in [9.17, 15) is 9.59 Å². The average molecular weight is 451 g/mol. The summed E-state index contributed by atoms with van der Waals surface area (Å²) in [6.07, 6.45) is 3.19. The van der Waals surface area contributed by atoms with E-state index in [1.54, 1.807) is 78.6 Å². The van der Waals surface area contributed by atoms with Crippen molar-refractivity contribution < 1.29 is 14.3 Å². The fourth-order valence-electron chi connectivity index (χ4n) is 2.92. The lowest BCUT2D eigenvalue weighted by Crippen LogP contribution is -2.20. The van der Waals surface area contributed by atoms with Gasteiger partial charge in [-0.05, 0) is 42.5 Å². The summed E-state index contributed by atoms with van der Waals surface area (Å²) in [7, 11) is 1.73. The van der Waals surface area contributed by atoms with Crippen LogP contribution in [0.2, 0.25) is 5.02 Å². The number of nitrogens with one attached hydrogen (secondary N) is 2. The van der Waals surface area contributed by atoms with Crippen molar-refractivity contribution in [2.75, 3.05) is 10.6 Å². The fourth-order valence-corrected chi connectivity index (χ4v) is 3.11. The van der Waals surface area contributed by atoms with Crippen LogP contribution in [0.15, 0.2) is 73.1 Å². The Kier molecular flexibility index (Phi) is 6.18. The first-order valence-corrected chi connectivity index (χ1v) is 9.99. The van der Waals surface area contributed by atoms with Gasteiger partial charge in [-0.2, -0.15) is 10.2 Å². The van der Waals surface area contributed by atoms with Gasteiger partial charge in [-0.1, -0.05) is 29.8 Å². The summed E-state index contributed by atoms with van der Waals surface area (Å²) in [4.78, 5) is 25.1. The first-order valence-electron chi connectivity index (χ1n) is 9.61. The fraction of sp³-hybridized carbons (Fsp3) is 0.0909. The number of hydrogen-bond acceptors (Lipinski definition) is 5. The predicted octanol–water partition coefficient (Wildman–Crippen LogP) is 3.81. The highest BCUT2D eigenvalue weighted by Crippen LogP contribution is 2.23. The number of nitrogens with zero attached hydrogens (tertiary/aromatic N) is 4. The Morgan fingerprint density at radius 2 is 1.75 bits per heavy atom. The molecule has 162 valence electrons. The molecule has 10 heteroatoms. The lowest BCUT2D eigenvalue weighted by atomic mass is 10.2. The second-order valence-electron chi connectivity index (χ2n) is 6.78. The van der Waals surface area contributed by atoms with Gasteiger partial charge in [0.2, 0.25) is 0 Å². The van der Waals surface area contributed by atoms with Crippen LogP contribution in [0, 0.1) is 0 Å². The number of halogens is 1. The Hall–Kier alpha value is -4.11. The zero-order chi connectivity index (χ0) is 22.5. The highest BCUT2D eigenvalue weighted by atomic mass is 35.5. The topological polar surface area (TPSA) is 103 Å². The van der Waals surface area contributed by atoms with Crippen molar-refractivity contribution in [3.8, 4) is 5.75 Å². The van der Waals surface area contributed by atoms with Gasteiger partial charge < -0.3 is 15.4 Å². The van der Waals surface area contributed by atoms with Crippen LogP contribution in [0.25, 0.3) is 0 Å². The lowest BCUT2D eigenvalue weighted by Gasteiger charge is -2.11. The third kappa shape index (κ3) is 4.96. The van der Waals surface area contributed by atoms with E-state index in [-0.39, 0.29) is 18.5 Å². The number of aryl methyl sites for hydroxylation is 1. The minimum atomic E-state index is -0.376. The number of carbonyl (C=O) groups is 2. The molecule has 4 aromatic rings. The van der Waals surface area contributed by atoms with Crippen LogP contribution in [0.3, 0.4) is 0 Å². The number of rotatable bonds is 7. The van der Waals surface area contributed by atoms with Gasteiger partial charge in [-0.15, -0.1) is 0 Å². The number of amides is 2. The number of hydrogen-bond donors (Lipinski definition) is 2. The maximum atomic E-state index is 12.8. The molecule has 0 aliphatic heterocycles. The van der Waals surface area contributed by atoms with Gasteiger partial charge in [0, 0.05) is 30.8 Å². The quantitative estimate of drug-likeness (QED) is 0.445. The summed E-state index contributed by atoms with van der Waals surface area (Å²) in [5, 5.41) is 14.2. The van der Waals surface area contributed by atoms with Crippen molar-refractivity contribution in [2.45, 2.75) is 6.73 Å². The van der Waals surface area contributed by atoms with Crippen molar-refractivity contribution in [1.29, 1.82) is 0 Å². The normalized spacial score (nSPS) is 10.6. The Balaban J connectivity index is 1.41. The molecule has 0 aliphatic carbocycles. The van der Waals surface area contributed by atoms with Gasteiger partial charge in [0.25, 0.3) is 11.8 Å². The second kappa shape index (κ2) is 9.36. The van der Waals surface area contributed by atoms with Gasteiger partial charge in [-0.3, -0.25) is 14.3 Å². The lowest BCUT2D eigenvalue weighted by molar-refractivity contribution is 0.0999. The summed E-state index contributed by atoms with van der Waals surface area (Å²) >= 11 is 6.10. The van der Waals surface area contributed by atoms with E-state index in [2.05, 4.69) is 20.8 Å². The molecule has 0 atom stereocenters. The highest BCUT2D eigenvalue weighted by Gasteiger charge is 2.14. The summed E-state index contributed by atoms with van der Waals surface area (Å²) in [6, 6.07) is 17.1. The van der Waals surface area contributed by atoms with E-state index < -0.39 is 0 Å². The van der Waals surface area contributed by atoms with E-state index in [1.807, 2.05) is 0 Å². The molecule has 2 amide bonds. The largest absolute Gasteiger partial charge is 0.470 e. The first-order chi connectivity index (χ1) is 15.5. The number of ether oxygens (including phenoxy) is 1. The van der Waals surface area contributed by atoms with E-state index in [1.165, 1.54) is 10.9 Å². The van der Waals surface area contributed by atoms with Crippen LogP contribution in [0.1, 0.15) is 21.0 Å². The molecule has 0 saturated carbocycles. The maximum Gasteiger partial charge on any atom is 0.276 e. The number of anilines is 2. The number of carbonyl (C=O) groups excluding carboxylic acids is 2. The zero-order valence-corrected chi connectivity index (χ0v) is 17.8. The van der Waals surface area contributed by atoms with Crippen LogP contribution in [0.4, 0.5) is 11.4 Å². The van der Waals surface area contributed by atoms with Crippen LogP contribution in [0.5, 0.6) is 5.75 Å². The Labute approximate surface area is 188 Å². The molecule has 4 rings (SSSR count). The van der Waals surface area contributed by atoms with Gasteiger partial charge in [0.1, 0.15) is 11.4 Å². The van der Waals surface area contributed by atoms with Crippen molar-refractivity contribution in [3.63, 3.8) is 0 Å². The SMILES string of the molecule is Cn1ccc(C(=O)Nc2cccc(NC(=O)c3ccnn3COc3ccccc3Cl)c2)n1. The third-order valence-electron chi connectivity index (χ3n) is 4.45. The molecular formula is C22H19ClN6O3. The molecule has 0 fully saturated rings. The highest BCUT2D eigenvalue weighted by molar-refractivity contribution is 6.32. The monoisotopic (exact) mass is 450 g/mol. The van der Waals surface area contributed by atoms with Gasteiger partial charge in [0.05, 0.1) is 5.02 Å². The molecule has 9 nitrogen and oxygen atoms in total.